The number of likely N-dealkylation sites (tertiary alicyclic amines) is 1. The van der Waals surface area contributed by atoms with Crippen LogP contribution in [0.2, 0.25) is 0 Å². The first-order valence-electron chi connectivity index (χ1n) is 7.95. The van der Waals surface area contributed by atoms with Crippen molar-refractivity contribution in [2.75, 3.05) is 31.6 Å². The van der Waals surface area contributed by atoms with Crippen molar-refractivity contribution in [1.29, 1.82) is 0 Å². The number of carboxylic acids is 1. The maximum absolute atomic E-state index is 12.3. The summed E-state index contributed by atoms with van der Waals surface area (Å²) < 4.78 is 5.36. The minimum absolute atomic E-state index is 0.260. The molecule has 3 heterocycles. The molecular weight excluding hydrogens is 318 g/mol. The first-order chi connectivity index (χ1) is 11.1. The van der Waals surface area contributed by atoms with Crippen molar-refractivity contribution < 1.29 is 19.4 Å². The van der Waals surface area contributed by atoms with E-state index in [0.717, 1.165) is 32.5 Å². The molecular formula is C15H21N3O4S. The number of carbonyl (C=O) groups is 2. The third-order valence-electron chi connectivity index (χ3n) is 4.42. The second-order valence-electron chi connectivity index (χ2n) is 6.01. The second-order valence-corrected chi connectivity index (χ2v) is 7.07. The van der Waals surface area contributed by atoms with Crippen molar-refractivity contribution in [1.82, 2.24) is 9.88 Å². The molecule has 2 amide bonds. The van der Waals surface area contributed by atoms with Crippen LogP contribution in [0.25, 0.3) is 0 Å². The number of aliphatic carboxylic acids is 1. The Hall–Kier alpha value is -1.67. The summed E-state index contributed by atoms with van der Waals surface area (Å²) in [7, 11) is 0. The summed E-state index contributed by atoms with van der Waals surface area (Å²) in [6, 6.07) is -0.260. The number of hydrogen-bond acceptors (Lipinski definition) is 5. The third kappa shape index (κ3) is 4.00. The van der Waals surface area contributed by atoms with E-state index in [0.29, 0.717) is 24.0 Å². The van der Waals surface area contributed by atoms with Crippen molar-refractivity contribution in [3.8, 4) is 0 Å². The molecule has 0 bridgehead atoms. The van der Waals surface area contributed by atoms with Gasteiger partial charge in [-0.05, 0) is 31.6 Å². The maximum atomic E-state index is 12.3. The number of carboxylic acid groups (broad SMARTS) is 1. The van der Waals surface area contributed by atoms with Gasteiger partial charge in [-0.3, -0.25) is 10.1 Å². The Labute approximate surface area is 138 Å². The molecule has 0 saturated carbocycles. The zero-order valence-corrected chi connectivity index (χ0v) is 13.7. The number of rotatable bonds is 3. The van der Waals surface area contributed by atoms with Gasteiger partial charge in [-0.2, -0.15) is 0 Å². The van der Waals surface area contributed by atoms with Crippen LogP contribution in [-0.4, -0.2) is 53.3 Å². The van der Waals surface area contributed by atoms with Crippen molar-refractivity contribution in [3.05, 3.63) is 11.1 Å². The highest BCUT2D eigenvalue weighted by molar-refractivity contribution is 7.15. The van der Waals surface area contributed by atoms with E-state index in [1.54, 1.807) is 4.90 Å². The molecule has 2 fully saturated rings. The lowest BCUT2D eigenvalue weighted by atomic mass is 9.99. The van der Waals surface area contributed by atoms with Crippen LogP contribution in [0, 0.1) is 5.92 Å². The number of thiazole rings is 1. The second kappa shape index (κ2) is 7.27. The first-order valence-corrected chi connectivity index (χ1v) is 8.77. The fourth-order valence-electron chi connectivity index (χ4n) is 3.05. The number of carbonyl (C=O) groups excluding carboxylic acids is 1. The molecule has 1 atom stereocenters. The summed E-state index contributed by atoms with van der Waals surface area (Å²) in [4.78, 5) is 30.4. The molecule has 0 radical (unpaired) electrons. The molecule has 3 rings (SSSR count). The smallest absolute Gasteiger partial charge is 0.323 e. The highest BCUT2D eigenvalue weighted by Crippen LogP contribution is 2.32. The Morgan fingerprint density at radius 3 is 2.87 bits per heavy atom. The topological polar surface area (TPSA) is 91.8 Å². The average molecular weight is 339 g/mol. The normalized spacial score (nSPS) is 22.8. The van der Waals surface area contributed by atoms with Gasteiger partial charge in [0.15, 0.2) is 5.13 Å². The predicted molar refractivity (Wildman–Crippen MR) is 85.9 cm³/mol. The monoisotopic (exact) mass is 339 g/mol. The standard InChI is InChI=1S/C15H21N3O4S/c19-13(20)11-2-1-5-18(9-11)15(21)17-14-16-8-12(23-14)10-3-6-22-7-4-10/h8,10-11H,1-7,9H2,(H,19,20)(H,16,17,21). The van der Waals surface area contributed by atoms with E-state index in [-0.39, 0.29) is 12.6 Å². The van der Waals surface area contributed by atoms with Crippen LogP contribution < -0.4 is 5.32 Å². The van der Waals surface area contributed by atoms with Crippen molar-refractivity contribution >= 4 is 28.5 Å². The molecule has 2 N–H and O–H groups in total. The Bertz CT molecular complexity index is 571. The molecule has 1 aromatic heterocycles. The fraction of sp³-hybridized carbons (Fsp3) is 0.667. The molecule has 0 spiro atoms. The lowest BCUT2D eigenvalue weighted by Gasteiger charge is -2.30. The Morgan fingerprint density at radius 1 is 1.35 bits per heavy atom. The van der Waals surface area contributed by atoms with Crippen LogP contribution >= 0.6 is 11.3 Å². The van der Waals surface area contributed by atoms with Crippen molar-refractivity contribution in [2.24, 2.45) is 5.92 Å². The number of amides is 2. The summed E-state index contributed by atoms with van der Waals surface area (Å²) in [5.74, 6) is -0.847. The number of piperidine rings is 1. The third-order valence-corrected chi connectivity index (χ3v) is 5.49. The summed E-state index contributed by atoms with van der Waals surface area (Å²) in [5, 5.41) is 12.5. The molecule has 8 heteroatoms. The van der Waals surface area contributed by atoms with Gasteiger partial charge >= 0.3 is 12.0 Å². The van der Waals surface area contributed by atoms with Crippen molar-refractivity contribution in [2.45, 2.75) is 31.6 Å². The lowest BCUT2D eigenvalue weighted by Crippen LogP contribution is -2.44. The van der Waals surface area contributed by atoms with E-state index in [1.807, 2.05) is 6.20 Å². The first kappa shape index (κ1) is 16.2. The van der Waals surface area contributed by atoms with Crippen LogP contribution in [0.15, 0.2) is 6.20 Å². The van der Waals surface area contributed by atoms with Gasteiger partial charge in [0.1, 0.15) is 0 Å². The molecule has 1 aromatic rings. The fourth-order valence-corrected chi connectivity index (χ4v) is 4.02. The van der Waals surface area contributed by atoms with Crippen LogP contribution in [0.4, 0.5) is 9.93 Å². The molecule has 1 unspecified atom stereocenters. The van der Waals surface area contributed by atoms with E-state index in [9.17, 15) is 9.59 Å². The van der Waals surface area contributed by atoms with Gasteiger partial charge in [0, 0.05) is 37.4 Å². The van der Waals surface area contributed by atoms with Gasteiger partial charge in [0.2, 0.25) is 0 Å². The van der Waals surface area contributed by atoms with E-state index in [2.05, 4.69) is 10.3 Å². The predicted octanol–water partition coefficient (Wildman–Crippen LogP) is 2.37. The Balaban J connectivity index is 1.57. The summed E-state index contributed by atoms with van der Waals surface area (Å²) in [5.41, 5.74) is 0. The van der Waals surface area contributed by atoms with Gasteiger partial charge in [0.25, 0.3) is 0 Å². The molecule has 0 aromatic carbocycles. The van der Waals surface area contributed by atoms with Gasteiger partial charge in [-0.25, -0.2) is 9.78 Å². The summed E-state index contributed by atoms with van der Waals surface area (Å²) >= 11 is 1.50. The Morgan fingerprint density at radius 2 is 2.13 bits per heavy atom. The largest absolute Gasteiger partial charge is 0.481 e. The van der Waals surface area contributed by atoms with Crippen LogP contribution in [-0.2, 0) is 9.53 Å². The van der Waals surface area contributed by atoms with Crippen LogP contribution in [0.3, 0.4) is 0 Å². The number of nitrogens with one attached hydrogen (secondary N) is 1. The van der Waals surface area contributed by atoms with Gasteiger partial charge in [-0.1, -0.05) is 0 Å². The molecule has 0 aliphatic carbocycles. The molecule has 2 saturated heterocycles. The van der Waals surface area contributed by atoms with E-state index in [1.165, 1.54) is 16.2 Å². The van der Waals surface area contributed by atoms with Gasteiger partial charge in [-0.15, -0.1) is 11.3 Å². The Kier molecular flexibility index (Phi) is 5.12. The molecule has 126 valence electrons. The number of aromatic nitrogens is 1. The number of nitrogens with zero attached hydrogens (tertiary/aromatic N) is 2. The zero-order chi connectivity index (χ0) is 16.2. The average Bonchev–Trinajstić information content (AvgIpc) is 3.04. The van der Waals surface area contributed by atoms with Crippen LogP contribution in [0.5, 0.6) is 0 Å². The maximum Gasteiger partial charge on any atom is 0.323 e. The number of ether oxygens (including phenoxy) is 1. The molecule has 23 heavy (non-hydrogen) atoms. The van der Waals surface area contributed by atoms with E-state index < -0.39 is 11.9 Å². The minimum atomic E-state index is -0.835. The SMILES string of the molecule is O=C(O)C1CCCN(C(=O)Nc2ncc(C3CCOCC3)s2)C1. The van der Waals surface area contributed by atoms with Crippen LogP contribution in [0.1, 0.15) is 36.5 Å². The van der Waals surface area contributed by atoms with E-state index >= 15 is 0 Å². The van der Waals surface area contributed by atoms with Gasteiger partial charge < -0.3 is 14.7 Å². The van der Waals surface area contributed by atoms with Gasteiger partial charge in [0.05, 0.1) is 5.92 Å². The highest BCUT2D eigenvalue weighted by Gasteiger charge is 2.28. The quantitative estimate of drug-likeness (QED) is 0.882. The van der Waals surface area contributed by atoms with Crippen molar-refractivity contribution in [3.63, 3.8) is 0 Å². The molecule has 2 aliphatic rings. The zero-order valence-electron chi connectivity index (χ0n) is 12.9. The number of anilines is 1. The number of urea groups is 1. The lowest BCUT2D eigenvalue weighted by molar-refractivity contribution is -0.143. The molecule has 7 nitrogen and oxygen atoms in total. The van der Waals surface area contributed by atoms with E-state index in [4.69, 9.17) is 9.84 Å². The summed E-state index contributed by atoms with van der Waals surface area (Å²) in [6.07, 6.45) is 5.15. The summed E-state index contributed by atoms with van der Waals surface area (Å²) in [6.45, 7) is 2.40. The minimum Gasteiger partial charge on any atom is -0.481 e. The molecule has 2 aliphatic heterocycles. The highest BCUT2D eigenvalue weighted by atomic mass is 32.1. The number of hydrogen-bond donors (Lipinski definition) is 2.